The first kappa shape index (κ1) is 18.6. The van der Waals surface area contributed by atoms with Crippen molar-refractivity contribution in [2.45, 2.75) is 38.3 Å². The standard InChI is InChI=1S/C19H23N5O3/c1-13(2)24-16(8-9-22-24)17(25)21-12-15-11-19(18(20)26,27-23-15)10-14-6-4-3-5-7-14/h3-9,13H,10-12H2,1-2H3,(H2,20,26)(H,21,25). The molecule has 3 N–H and O–H groups in total. The summed E-state index contributed by atoms with van der Waals surface area (Å²) >= 11 is 0. The number of carbonyl (C=O) groups is 2. The molecule has 0 fully saturated rings. The first-order valence-corrected chi connectivity index (χ1v) is 8.81. The Kier molecular flexibility index (Phi) is 5.25. The van der Waals surface area contributed by atoms with E-state index in [1.54, 1.807) is 16.9 Å². The minimum absolute atomic E-state index is 0.0706. The molecule has 142 valence electrons. The molecule has 2 amide bonds. The Balaban J connectivity index is 1.63. The van der Waals surface area contributed by atoms with E-state index in [0.717, 1.165) is 5.56 Å². The monoisotopic (exact) mass is 369 g/mol. The molecule has 1 aliphatic rings. The number of hydrogen-bond donors (Lipinski definition) is 2. The summed E-state index contributed by atoms with van der Waals surface area (Å²) in [5, 5.41) is 10.9. The van der Waals surface area contributed by atoms with Crippen LogP contribution in [-0.2, 0) is 16.1 Å². The Morgan fingerprint density at radius 1 is 1.30 bits per heavy atom. The highest BCUT2D eigenvalue weighted by atomic mass is 16.7. The predicted octanol–water partition coefficient (Wildman–Crippen LogP) is 1.44. The van der Waals surface area contributed by atoms with Gasteiger partial charge in [0.1, 0.15) is 5.69 Å². The van der Waals surface area contributed by atoms with Gasteiger partial charge in [-0.25, -0.2) is 0 Å². The van der Waals surface area contributed by atoms with Crippen LogP contribution in [0.25, 0.3) is 0 Å². The van der Waals surface area contributed by atoms with Crippen molar-refractivity contribution in [1.82, 2.24) is 15.1 Å². The van der Waals surface area contributed by atoms with Gasteiger partial charge in [0.15, 0.2) is 0 Å². The van der Waals surface area contributed by atoms with E-state index in [1.807, 2.05) is 44.2 Å². The van der Waals surface area contributed by atoms with Gasteiger partial charge in [-0.05, 0) is 25.5 Å². The quantitative estimate of drug-likeness (QED) is 0.769. The molecule has 0 bridgehead atoms. The molecular weight excluding hydrogens is 346 g/mol. The Hall–Kier alpha value is -3.16. The Morgan fingerprint density at radius 2 is 2.04 bits per heavy atom. The molecular formula is C19H23N5O3. The maximum absolute atomic E-state index is 12.4. The summed E-state index contributed by atoms with van der Waals surface area (Å²) in [5.41, 5.74) is 6.33. The number of primary amides is 1. The smallest absolute Gasteiger partial charge is 0.269 e. The molecule has 1 aromatic heterocycles. The van der Waals surface area contributed by atoms with Crippen molar-refractivity contribution in [2.75, 3.05) is 6.54 Å². The normalized spacial score (nSPS) is 18.9. The minimum Gasteiger partial charge on any atom is -0.378 e. The number of oxime groups is 1. The zero-order valence-corrected chi connectivity index (χ0v) is 15.4. The highest BCUT2D eigenvalue weighted by Gasteiger charge is 2.45. The average Bonchev–Trinajstić information content (AvgIpc) is 3.28. The zero-order valence-electron chi connectivity index (χ0n) is 15.4. The first-order valence-electron chi connectivity index (χ1n) is 8.81. The summed E-state index contributed by atoms with van der Waals surface area (Å²) in [5.74, 6) is -0.835. The maximum Gasteiger partial charge on any atom is 0.269 e. The minimum atomic E-state index is -1.22. The number of carbonyl (C=O) groups excluding carboxylic acids is 2. The summed E-state index contributed by atoms with van der Waals surface area (Å²) in [6.45, 7) is 4.07. The molecule has 8 heteroatoms. The number of rotatable bonds is 7. The third-order valence-corrected chi connectivity index (χ3v) is 4.47. The van der Waals surface area contributed by atoms with Crippen LogP contribution >= 0.6 is 0 Å². The molecule has 8 nitrogen and oxygen atoms in total. The maximum atomic E-state index is 12.4. The van der Waals surface area contributed by atoms with E-state index in [4.69, 9.17) is 10.6 Å². The number of nitrogens with zero attached hydrogens (tertiary/aromatic N) is 3. The molecule has 3 rings (SSSR count). The molecule has 1 atom stereocenters. The van der Waals surface area contributed by atoms with E-state index in [-0.39, 0.29) is 24.9 Å². The molecule has 1 aromatic carbocycles. The van der Waals surface area contributed by atoms with E-state index in [0.29, 0.717) is 17.8 Å². The van der Waals surface area contributed by atoms with Gasteiger partial charge in [0, 0.05) is 25.1 Å². The fourth-order valence-electron chi connectivity index (χ4n) is 3.06. The molecule has 1 aliphatic heterocycles. The third-order valence-electron chi connectivity index (χ3n) is 4.47. The summed E-state index contributed by atoms with van der Waals surface area (Å²) in [7, 11) is 0. The first-order chi connectivity index (χ1) is 12.9. The van der Waals surface area contributed by atoms with Crippen LogP contribution in [0.2, 0.25) is 0 Å². The summed E-state index contributed by atoms with van der Waals surface area (Å²) in [4.78, 5) is 29.9. The van der Waals surface area contributed by atoms with Crippen LogP contribution in [0.4, 0.5) is 0 Å². The second-order valence-corrected chi connectivity index (χ2v) is 6.88. The number of nitrogens with two attached hydrogens (primary N) is 1. The number of amides is 2. The van der Waals surface area contributed by atoms with E-state index in [2.05, 4.69) is 15.6 Å². The van der Waals surface area contributed by atoms with Crippen molar-refractivity contribution in [2.24, 2.45) is 10.9 Å². The van der Waals surface area contributed by atoms with E-state index < -0.39 is 11.5 Å². The number of benzene rings is 1. The molecule has 0 spiro atoms. The Morgan fingerprint density at radius 3 is 2.70 bits per heavy atom. The molecule has 2 aromatic rings. The van der Waals surface area contributed by atoms with Gasteiger partial charge in [-0.3, -0.25) is 14.3 Å². The molecule has 0 radical (unpaired) electrons. The SMILES string of the molecule is CC(C)n1nccc1C(=O)NCC1=NOC(Cc2ccccc2)(C(N)=O)C1. The molecule has 0 saturated carbocycles. The van der Waals surface area contributed by atoms with Crippen molar-refractivity contribution >= 4 is 17.5 Å². The van der Waals surface area contributed by atoms with E-state index in [9.17, 15) is 9.59 Å². The van der Waals surface area contributed by atoms with Gasteiger partial charge in [0.25, 0.3) is 11.8 Å². The third kappa shape index (κ3) is 3.99. The summed E-state index contributed by atoms with van der Waals surface area (Å²) in [6.07, 6.45) is 2.15. The van der Waals surface area contributed by atoms with Crippen LogP contribution in [0.15, 0.2) is 47.8 Å². The van der Waals surface area contributed by atoms with Crippen LogP contribution in [0.1, 0.15) is 42.4 Å². The lowest BCUT2D eigenvalue weighted by molar-refractivity contribution is -0.140. The lowest BCUT2D eigenvalue weighted by atomic mass is 9.89. The number of aromatic nitrogens is 2. The number of nitrogens with one attached hydrogen (secondary N) is 1. The van der Waals surface area contributed by atoms with Crippen molar-refractivity contribution in [3.63, 3.8) is 0 Å². The van der Waals surface area contributed by atoms with Gasteiger partial charge < -0.3 is 15.9 Å². The largest absolute Gasteiger partial charge is 0.378 e. The molecule has 2 heterocycles. The fraction of sp³-hybridized carbons (Fsp3) is 0.368. The molecule has 0 saturated heterocycles. The van der Waals surface area contributed by atoms with Crippen LogP contribution in [0.3, 0.4) is 0 Å². The van der Waals surface area contributed by atoms with Crippen molar-refractivity contribution in [3.05, 3.63) is 53.9 Å². The van der Waals surface area contributed by atoms with Crippen molar-refractivity contribution < 1.29 is 14.4 Å². The van der Waals surface area contributed by atoms with Gasteiger partial charge in [-0.1, -0.05) is 35.5 Å². The number of hydrogen-bond acceptors (Lipinski definition) is 5. The van der Waals surface area contributed by atoms with E-state index >= 15 is 0 Å². The van der Waals surface area contributed by atoms with Gasteiger partial charge in [-0.15, -0.1) is 0 Å². The summed E-state index contributed by atoms with van der Waals surface area (Å²) in [6, 6.07) is 11.2. The lowest BCUT2D eigenvalue weighted by Gasteiger charge is -2.22. The van der Waals surface area contributed by atoms with Gasteiger partial charge in [0.05, 0.1) is 12.3 Å². The Labute approximate surface area is 157 Å². The average molecular weight is 369 g/mol. The second-order valence-electron chi connectivity index (χ2n) is 6.88. The highest BCUT2D eigenvalue weighted by Crippen LogP contribution is 2.28. The van der Waals surface area contributed by atoms with Crippen LogP contribution < -0.4 is 11.1 Å². The van der Waals surface area contributed by atoms with Gasteiger partial charge >= 0.3 is 0 Å². The van der Waals surface area contributed by atoms with Crippen molar-refractivity contribution in [3.8, 4) is 0 Å². The predicted molar refractivity (Wildman–Crippen MR) is 100 cm³/mol. The zero-order chi connectivity index (χ0) is 19.4. The van der Waals surface area contributed by atoms with E-state index in [1.165, 1.54) is 0 Å². The molecule has 0 aliphatic carbocycles. The van der Waals surface area contributed by atoms with Gasteiger partial charge in [0.2, 0.25) is 5.60 Å². The molecule has 1 unspecified atom stereocenters. The lowest BCUT2D eigenvalue weighted by Crippen LogP contribution is -2.46. The van der Waals surface area contributed by atoms with Gasteiger partial charge in [-0.2, -0.15) is 5.10 Å². The second kappa shape index (κ2) is 7.61. The molecule has 27 heavy (non-hydrogen) atoms. The summed E-state index contributed by atoms with van der Waals surface area (Å²) < 4.78 is 1.64. The van der Waals surface area contributed by atoms with Crippen LogP contribution in [0.5, 0.6) is 0 Å². The van der Waals surface area contributed by atoms with Crippen molar-refractivity contribution in [1.29, 1.82) is 0 Å². The van der Waals surface area contributed by atoms with Crippen LogP contribution in [0, 0.1) is 0 Å². The van der Waals surface area contributed by atoms with Crippen LogP contribution in [-0.4, -0.2) is 39.5 Å². The highest BCUT2D eigenvalue weighted by molar-refractivity contribution is 6.00. The topological polar surface area (TPSA) is 112 Å². The Bertz CT molecular complexity index is 859. The fourth-order valence-corrected chi connectivity index (χ4v) is 3.06.